The van der Waals surface area contributed by atoms with Crippen molar-refractivity contribution in [1.82, 2.24) is 4.98 Å². The van der Waals surface area contributed by atoms with Gasteiger partial charge in [-0.1, -0.05) is 0 Å². The number of hydrogen-bond donors (Lipinski definition) is 2. The maximum atomic E-state index is 11.3. The van der Waals surface area contributed by atoms with Gasteiger partial charge in [0.15, 0.2) is 0 Å². The van der Waals surface area contributed by atoms with E-state index in [1.54, 1.807) is 19.2 Å². The Bertz CT molecular complexity index is 573. The number of rotatable bonds is 1. The molecule has 1 heterocycles. The van der Waals surface area contributed by atoms with Crippen LogP contribution in [0.4, 0.5) is 5.69 Å². The highest BCUT2D eigenvalue weighted by molar-refractivity contribution is 5.96. The van der Waals surface area contributed by atoms with E-state index >= 15 is 0 Å². The number of ether oxygens (including phenoxy) is 1. The molecule has 3 N–H and O–H groups in total. The maximum Gasteiger partial charge on any atom is 0.248 e. The van der Waals surface area contributed by atoms with Gasteiger partial charge in [0.2, 0.25) is 5.56 Å². The van der Waals surface area contributed by atoms with Crippen LogP contribution in [0.2, 0.25) is 0 Å². The molecular weight excluding hydrogens is 192 g/mol. The molecule has 15 heavy (non-hydrogen) atoms. The summed E-state index contributed by atoms with van der Waals surface area (Å²) in [6, 6.07) is 5.04. The molecule has 2 aromatic rings. The van der Waals surface area contributed by atoms with Gasteiger partial charge in [-0.15, -0.1) is 0 Å². The minimum atomic E-state index is -0.149. The number of aryl methyl sites for hydroxylation is 1. The summed E-state index contributed by atoms with van der Waals surface area (Å²) in [5, 5.41) is 0.842. The number of benzene rings is 1. The minimum Gasteiger partial charge on any atom is -0.495 e. The Labute approximate surface area is 86.7 Å². The number of methoxy groups -OCH3 is 1. The fourth-order valence-corrected chi connectivity index (χ4v) is 1.75. The van der Waals surface area contributed by atoms with Gasteiger partial charge in [0.05, 0.1) is 12.6 Å². The van der Waals surface area contributed by atoms with Gasteiger partial charge >= 0.3 is 0 Å². The van der Waals surface area contributed by atoms with Gasteiger partial charge in [-0.3, -0.25) is 4.79 Å². The molecule has 0 unspecified atom stereocenters. The van der Waals surface area contributed by atoms with Crippen LogP contribution in [0.25, 0.3) is 10.9 Å². The molecule has 0 aliphatic heterocycles. The van der Waals surface area contributed by atoms with Crippen LogP contribution in [0.15, 0.2) is 23.0 Å². The third-order valence-corrected chi connectivity index (χ3v) is 2.41. The van der Waals surface area contributed by atoms with Crippen molar-refractivity contribution in [3.05, 3.63) is 34.1 Å². The highest BCUT2D eigenvalue weighted by Gasteiger charge is 2.08. The van der Waals surface area contributed by atoms with Crippen molar-refractivity contribution >= 4 is 16.6 Å². The summed E-state index contributed by atoms with van der Waals surface area (Å²) in [6.45, 7) is 1.85. The summed E-state index contributed by atoms with van der Waals surface area (Å²) in [4.78, 5) is 14.1. The Morgan fingerprint density at radius 1 is 1.40 bits per heavy atom. The van der Waals surface area contributed by atoms with E-state index in [1.807, 2.05) is 6.92 Å². The summed E-state index contributed by atoms with van der Waals surface area (Å²) >= 11 is 0. The second-order valence-corrected chi connectivity index (χ2v) is 3.42. The van der Waals surface area contributed by atoms with E-state index in [-0.39, 0.29) is 5.56 Å². The van der Waals surface area contributed by atoms with Crippen molar-refractivity contribution in [1.29, 1.82) is 0 Å². The first-order chi connectivity index (χ1) is 7.13. The van der Waals surface area contributed by atoms with E-state index in [2.05, 4.69) is 4.98 Å². The SMILES string of the molecule is COc1ccc(N)c2c(C)cc(=O)[nH]c12. The molecule has 4 heteroatoms. The summed E-state index contributed by atoms with van der Waals surface area (Å²) in [6.07, 6.45) is 0. The van der Waals surface area contributed by atoms with Gasteiger partial charge in [0.1, 0.15) is 5.75 Å². The average molecular weight is 204 g/mol. The molecule has 0 saturated carbocycles. The van der Waals surface area contributed by atoms with E-state index in [0.29, 0.717) is 17.0 Å². The largest absolute Gasteiger partial charge is 0.495 e. The minimum absolute atomic E-state index is 0.149. The monoisotopic (exact) mass is 204 g/mol. The number of nitrogens with one attached hydrogen (secondary N) is 1. The Morgan fingerprint density at radius 3 is 2.80 bits per heavy atom. The van der Waals surface area contributed by atoms with Gasteiger partial charge in [-0.25, -0.2) is 0 Å². The van der Waals surface area contributed by atoms with E-state index in [4.69, 9.17) is 10.5 Å². The van der Waals surface area contributed by atoms with E-state index in [9.17, 15) is 4.79 Å². The smallest absolute Gasteiger partial charge is 0.248 e. The van der Waals surface area contributed by atoms with Crippen molar-refractivity contribution in [2.24, 2.45) is 0 Å². The van der Waals surface area contributed by atoms with Crippen LogP contribution in [-0.4, -0.2) is 12.1 Å². The van der Waals surface area contributed by atoms with Crippen LogP contribution in [0.5, 0.6) is 5.75 Å². The molecule has 78 valence electrons. The summed E-state index contributed by atoms with van der Waals surface area (Å²) in [5.74, 6) is 0.625. The van der Waals surface area contributed by atoms with Gasteiger partial charge in [-0.2, -0.15) is 0 Å². The van der Waals surface area contributed by atoms with E-state index in [1.165, 1.54) is 6.07 Å². The molecule has 1 aromatic heterocycles. The predicted molar refractivity (Wildman–Crippen MR) is 60.3 cm³/mol. The third-order valence-electron chi connectivity index (χ3n) is 2.41. The summed E-state index contributed by atoms with van der Waals surface area (Å²) < 4.78 is 5.17. The van der Waals surface area contributed by atoms with Gasteiger partial charge < -0.3 is 15.5 Å². The predicted octanol–water partition coefficient (Wildman–Crippen LogP) is 1.43. The molecule has 1 aromatic carbocycles. The lowest BCUT2D eigenvalue weighted by atomic mass is 10.1. The molecule has 2 rings (SSSR count). The van der Waals surface area contributed by atoms with Crippen LogP contribution in [0, 0.1) is 6.92 Å². The lowest BCUT2D eigenvalue weighted by Gasteiger charge is -2.09. The molecular formula is C11H12N2O2. The number of fused-ring (bicyclic) bond motifs is 1. The number of pyridine rings is 1. The van der Waals surface area contributed by atoms with Crippen molar-refractivity contribution in [3.63, 3.8) is 0 Å². The lowest BCUT2D eigenvalue weighted by Crippen LogP contribution is -2.07. The molecule has 4 nitrogen and oxygen atoms in total. The highest BCUT2D eigenvalue weighted by Crippen LogP contribution is 2.29. The van der Waals surface area contributed by atoms with Crippen LogP contribution >= 0.6 is 0 Å². The first-order valence-corrected chi connectivity index (χ1v) is 4.59. The first-order valence-electron chi connectivity index (χ1n) is 4.59. The molecule has 0 spiro atoms. The molecule has 0 amide bonds. The molecule has 0 aliphatic carbocycles. The standard InChI is InChI=1S/C11H12N2O2/c1-6-5-9(14)13-11-8(15-2)4-3-7(12)10(6)11/h3-5H,12H2,1-2H3,(H,13,14). The highest BCUT2D eigenvalue weighted by atomic mass is 16.5. The maximum absolute atomic E-state index is 11.3. The zero-order chi connectivity index (χ0) is 11.0. The van der Waals surface area contributed by atoms with Gasteiger partial charge in [0, 0.05) is 17.1 Å². The zero-order valence-electron chi connectivity index (χ0n) is 8.63. The quantitative estimate of drug-likeness (QED) is 0.690. The number of H-pyrrole nitrogens is 1. The topological polar surface area (TPSA) is 68.1 Å². The van der Waals surface area contributed by atoms with Crippen LogP contribution < -0.4 is 16.0 Å². The number of aromatic amines is 1. The van der Waals surface area contributed by atoms with E-state index < -0.39 is 0 Å². The first kappa shape index (κ1) is 9.58. The zero-order valence-corrected chi connectivity index (χ0v) is 8.63. The van der Waals surface area contributed by atoms with Gasteiger partial charge in [-0.05, 0) is 24.6 Å². The Kier molecular flexibility index (Phi) is 2.11. The Hall–Kier alpha value is -1.97. The third kappa shape index (κ3) is 1.44. The number of anilines is 1. The van der Waals surface area contributed by atoms with Crippen LogP contribution in [0.3, 0.4) is 0 Å². The second-order valence-electron chi connectivity index (χ2n) is 3.42. The number of nitrogen functional groups attached to an aromatic ring is 1. The number of nitrogens with two attached hydrogens (primary N) is 1. The van der Waals surface area contributed by atoms with Crippen LogP contribution in [0.1, 0.15) is 5.56 Å². The molecule has 0 bridgehead atoms. The average Bonchev–Trinajstić information content (AvgIpc) is 2.17. The molecule has 0 atom stereocenters. The fraction of sp³-hybridized carbons (Fsp3) is 0.182. The van der Waals surface area contributed by atoms with Crippen LogP contribution in [-0.2, 0) is 0 Å². The lowest BCUT2D eigenvalue weighted by molar-refractivity contribution is 0.419. The summed E-state index contributed by atoms with van der Waals surface area (Å²) in [5.41, 5.74) is 7.85. The van der Waals surface area contributed by atoms with Crippen molar-refractivity contribution < 1.29 is 4.74 Å². The van der Waals surface area contributed by atoms with Crippen molar-refractivity contribution in [2.45, 2.75) is 6.92 Å². The summed E-state index contributed by atoms with van der Waals surface area (Å²) in [7, 11) is 1.56. The number of aromatic nitrogens is 1. The molecule has 0 fully saturated rings. The van der Waals surface area contributed by atoms with Gasteiger partial charge in [0.25, 0.3) is 0 Å². The van der Waals surface area contributed by atoms with E-state index in [0.717, 1.165) is 10.9 Å². The molecule has 0 aliphatic rings. The molecule has 0 radical (unpaired) electrons. The van der Waals surface area contributed by atoms with Crippen molar-refractivity contribution in [2.75, 3.05) is 12.8 Å². The second kappa shape index (κ2) is 3.31. The number of hydrogen-bond acceptors (Lipinski definition) is 3. The Morgan fingerprint density at radius 2 is 2.13 bits per heavy atom. The normalized spacial score (nSPS) is 10.5. The fourth-order valence-electron chi connectivity index (χ4n) is 1.75. The molecule has 0 saturated heterocycles. The van der Waals surface area contributed by atoms with Crippen molar-refractivity contribution in [3.8, 4) is 5.75 Å². The Balaban J connectivity index is 3.00.